The topological polar surface area (TPSA) is 92.8 Å². The van der Waals surface area contributed by atoms with Crippen molar-refractivity contribution in [2.75, 3.05) is 5.32 Å². The van der Waals surface area contributed by atoms with E-state index in [1.807, 2.05) is 24.4 Å². The maximum absolute atomic E-state index is 12.3. The van der Waals surface area contributed by atoms with Crippen LogP contribution in [0.4, 0.5) is 5.82 Å². The van der Waals surface area contributed by atoms with Crippen molar-refractivity contribution >= 4 is 11.7 Å². The molecule has 2 aromatic heterocycles. The quantitative estimate of drug-likeness (QED) is 0.698. The number of nitriles is 1. The molecule has 0 radical (unpaired) electrons. The van der Waals surface area contributed by atoms with Crippen molar-refractivity contribution in [2.24, 2.45) is 0 Å². The zero-order valence-corrected chi connectivity index (χ0v) is 14.9. The van der Waals surface area contributed by atoms with Crippen molar-refractivity contribution in [2.45, 2.75) is 26.0 Å². The van der Waals surface area contributed by atoms with Gasteiger partial charge < -0.3 is 10.1 Å². The van der Waals surface area contributed by atoms with Gasteiger partial charge in [0, 0.05) is 31.2 Å². The van der Waals surface area contributed by atoms with Crippen LogP contribution in [0.2, 0.25) is 0 Å². The van der Waals surface area contributed by atoms with E-state index in [2.05, 4.69) is 15.4 Å². The first kappa shape index (κ1) is 18.1. The van der Waals surface area contributed by atoms with Crippen molar-refractivity contribution in [3.63, 3.8) is 0 Å². The van der Waals surface area contributed by atoms with E-state index in [9.17, 15) is 4.79 Å². The molecule has 0 saturated carbocycles. The highest BCUT2D eigenvalue weighted by Gasteiger charge is 2.16. The lowest BCUT2D eigenvalue weighted by atomic mass is 10.2. The third-order valence-corrected chi connectivity index (χ3v) is 3.94. The first-order chi connectivity index (χ1) is 13.1. The Labute approximate surface area is 157 Å². The average Bonchev–Trinajstić information content (AvgIpc) is 3.15. The van der Waals surface area contributed by atoms with E-state index < -0.39 is 6.10 Å². The molecule has 3 aromatic rings. The van der Waals surface area contributed by atoms with Crippen LogP contribution in [0.25, 0.3) is 0 Å². The molecule has 0 fully saturated rings. The zero-order chi connectivity index (χ0) is 19.1. The number of rotatable bonds is 7. The van der Waals surface area contributed by atoms with E-state index in [1.165, 1.54) is 5.56 Å². The first-order valence-electron chi connectivity index (χ1n) is 8.54. The number of pyridine rings is 1. The summed E-state index contributed by atoms with van der Waals surface area (Å²) < 4.78 is 7.38. The molecular formula is C20H19N5O2. The minimum Gasteiger partial charge on any atom is -0.481 e. The zero-order valence-electron chi connectivity index (χ0n) is 14.9. The molecule has 0 aliphatic rings. The number of carbonyl (C=O) groups excluding carboxylic acids is 1. The van der Waals surface area contributed by atoms with Gasteiger partial charge in [-0.1, -0.05) is 0 Å². The number of aryl methyl sites for hydroxylation is 2. The van der Waals surface area contributed by atoms with Crippen LogP contribution in [-0.2, 0) is 17.8 Å². The molecule has 0 aliphatic carbocycles. The van der Waals surface area contributed by atoms with Crippen LogP contribution in [0.1, 0.15) is 18.1 Å². The van der Waals surface area contributed by atoms with Gasteiger partial charge in [-0.25, -0.2) is 0 Å². The lowest BCUT2D eigenvalue weighted by molar-refractivity contribution is -0.122. The van der Waals surface area contributed by atoms with Crippen LogP contribution < -0.4 is 10.1 Å². The number of nitrogens with one attached hydrogen (secondary N) is 1. The van der Waals surface area contributed by atoms with Crippen LogP contribution in [0.5, 0.6) is 5.75 Å². The summed E-state index contributed by atoms with van der Waals surface area (Å²) in [5, 5.41) is 15.9. The molecule has 0 aliphatic heterocycles. The number of hydrogen-bond acceptors (Lipinski definition) is 5. The molecule has 0 saturated heterocycles. The predicted octanol–water partition coefficient (Wildman–Crippen LogP) is 2.80. The summed E-state index contributed by atoms with van der Waals surface area (Å²) in [7, 11) is 0. The molecule has 7 nitrogen and oxygen atoms in total. The molecular weight excluding hydrogens is 342 g/mol. The molecule has 0 unspecified atom stereocenters. The highest BCUT2D eigenvalue weighted by molar-refractivity contribution is 5.93. The fourth-order valence-corrected chi connectivity index (χ4v) is 2.44. The largest absolute Gasteiger partial charge is 0.481 e. The van der Waals surface area contributed by atoms with Gasteiger partial charge >= 0.3 is 0 Å². The molecule has 136 valence electrons. The molecule has 1 aromatic carbocycles. The summed E-state index contributed by atoms with van der Waals surface area (Å²) in [6.07, 6.45) is 5.48. The lowest BCUT2D eigenvalue weighted by Crippen LogP contribution is -2.30. The Bertz CT molecular complexity index is 929. The second-order valence-corrected chi connectivity index (χ2v) is 5.96. The highest BCUT2D eigenvalue weighted by atomic mass is 16.5. The monoisotopic (exact) mass is 361 g/mol. The number of carbonyl (C=O) groups is 1. The Morgan fingerprint density at radius 3 is 2.67 bits per heavy atom. The highest BCUT2D eigenvalue weighted by Crippen LogP contribution is 2.14. The Kier molecular flexibility index (Phi) is 5.80. The van der Waals surface area contributed by atoms with E-state index in [1.54, 1.807) is 54.3 Å². The summed E-state index contributed by atoms with van der Waals surface area (Å²) in [6, 6.07) is 14.3. The molecule has 27 heavy (non-hydrogen) atoms. The molecule has 1 atom stereocenters. The van der Waals surface area contributed by atoms with Gasteiger partial charge in [-0.2, -0.15) is 10.4 Å². The Morgan fingerprint density at radius 2 is 1.96 bits per heavy atom. The summed E-state index contributed by atoms with van der Waals surface area (Å²) in [5.74, 6) is 0.711. The number of anilines is 1. The number of aromatic nitrogens is 3. The van der Waals surface area contributed by atoms with E-state index in [4.69, 9.17) is 10.00 Å². The number of nitrogens with zero attached hydrogens (tertiary/aromatic N) is 4. The van der Waals surface area contributed by atoms with Crippen molar-refractivity contribution in [3.05, 3.63) is 72.2 Å². The van der Waals surface area contributed by atoms with Gasteiger partial charge in [0.05, 0.1) is 11.6 Å². The number of amides is 1. The van der Waals surface area contributed by atoms with Gasteiger partial charge in [0.1, 0.15) is 5.75 Å². The predicted molar refractivity (Wildman–Crippen MR) is 100 cm³/mol. The van der Waals surface area contributed by atoms with Crippen LogP contribution >= 0.6 is 0 Å². The minimum absolute atomic E-state index is 0.293. The Hall–Kier alpha value is -3.66. The first-order valence-corrected chi connectivity index (χ1v) is 8.54. The second kappa shape index (κ2) is 8.63. The standard InChI is InChI=1S/C20H19N5O2/c1-15(27-18-4-2-17(14-21)3-5-18)20(26)23-19-9-13-25(24-19)12-8-16-6-10-22-11-7-16/h2-7,9-11,13,15H,8,12H2,1H3,(H,23,24,26)/t15-/m0/s1. The van der Waals surface area contributed by atoms with Gasteiger partial charge in [0.15, 0.2) is 11.9 Å². The summed E-state index contributed by atoms with van der Waals surface area (Å²) in [4.78, 5) is 16.3. The SMILES string of the molecule is C[C@H](Oc1ccc(C#N)cc1)C(=O)Nc1ccn(CCc2ccncc2)n1. The van der Waals surface area contributed by atoms with Crippen LogP contribution in [0.15, 0.2) is 61.1 Å². The van der Waals surface area contributed by atoms with Crippen molar-refractivity contribution in [3.8, 4) is 11.8 Å². The number of ether oxygens (including phenoxy) is 1. The van der Waals surface area contributed by atoms with Gasteiger partial charge in [-0.3, -0.25) is 14.5 Å². The fraction of sp³-hybridized carbons (Fsp3) is 0.200. The van der Waals surface area contributed by atoms with E-state index in [0.717, 1.165) is 6.42 Å². The van der Waals surface area contributed by atoms with E-state index in [-0.39, 0.29) is 5.91 Å². The van der Waals surface area contributed by atoms with Crippen molar-refractivity contribution in [1.82, 2.24) is 14.8 Å². The molecule has 0 bridgehead atoms. The fourth-order valence-electron chi connectivity index (χ4n) is 2.44. The third kappa shape index (κ3) is 5.16. The summed E-state index contributed by atoms with van der Waals surface area (Å²) in [6.45, 7) is 2.37. The number of hydrogen-bond donors (Lipinski definition) is 1. The summed E-state index contributed by atoms with van der Waals surface area (Å²) >= 11 is 0. The average molecular weight is 361 g/mol. The van der Waals surface area contributed by atoms with Crippen molar-refractivity contribution < 1.29 is 9.53 Å². The second-order valence-electron chi connectivity index (χ2n) is 5.96. The van der Waals surface area contributed by atoms with Crippen LogP contribution in [0, 0.1) is 11.3 Å². The van der Waals surface area contributed by atoms with Gasteiger partial charge in [0.2, 0.25) is 0 Å². The molecule has 2 heterocycles. The van der Waals surface area contributed by atoms with E-state index >= 15 is 0 Å². The molecule has 0 spiro atoms. The smallest absolute Gasteiger partial charge is 0.266 e. The van der Waals surface area contributed by atoms with Crippen LogP contribution in [0.3, 0.4) is 0 Å². The van der Waals surface area contributed by atoms with Gasteiger partial charge in [-0.05, 0) is 55.3 Å². The van der Waals surface area contributed by atoms with Crippen LogP contribution in [-0.4, -0.2) is 26.8 Å². The van der Waals surface area contributed by atoms with Gasteiger partial charge in [0.25, 0.3) is 5.91 Å². The maximum Gasteiger partial charge on any atom is 0.266 e. The molecule has 1 N–H and O–H groups in total. The minimum atomic E-state index is -0.695. The molecule has 7 heteroatoms. The molecule has 3 rings (SSSR count). The Balaban J connectivity index is 1.51. The third-order valence-electron chi connectivity index (χ3n) is 3.94. The Morgan fingerprint density at radius 1 is 1.22 bits per heavy atom. The van der Waals surface area contributed by atoms with E-state index in [0.29, 0.717) is 23.7 Å². The number of benzene rings is 1. The molecule has 1 amide bonds. The lowest BCUT2D eigenvalue weighted by Gasteiger charge is -2.13. The van der Waals surface area contributed by atoms with Gasteiger partial charge in [-0.15, -0.1) is 0 Å². The normalized spacial score (nSPS) is 11.4. The maximum atomic E-state index is 12.3. The summed E-state index contributed by atoms with van der Waals surface area (Å²) in [5.41, 5.74) is 1.72. The van der Waals surface area contributed by atoms with Crippen molar-refractivity contribution in [1.29, 1.82) is 5.26 Å².